The molecule has 0 bridgehead atoms. The summed E-state index contributed by atoms with van der Waals surface area (Å²) >= 11 is 0. The topological polar surface area (TPSA) is 43.7 Å². The molecule has 2 aliphatic rings. The number of nitrogens with zero attached hydrogens (tertiary/aromatic N) is 1. The van der Waals surface area contributed by atoms with Crippen LogP contribution in [0.25, 0.3) is 0 Å². The predicted molar refractivity (Wildman–Crippen MR) is 50.4 cm³/mol. The van der Waals surface area contributed by atoms with Gasteiger partial charge in [0.05, 0.1) is 12.2 Å². The summed E-state index contributed by atoms with van der Waals surface area (Å²) in [6, 6.07) is 0. The molecule has 0 aromatic rings. The number of aliphatic hydroxyl groups excluding tert-OH is 1. The lowest BCUT2D eigenvalue weighted by Gasteiger charge is -2.50. The van der Waals surface area contributed by atoms with Gasteiger partial charge in [-0.25, -0.2) is 0 Å². The third kappa shape index (κ3) is 1.22. The van der Waals surface area contributed by atoms with E-state index in [4.69, 9.17) is 0 Å². The lowest BCUT2D eigenvalue weighted by molar-refractivity contribution is -0.142. The lowest BCUT2D eigenvalue weighted by Crippen LogP contribution is -2.56. The molecule has 1 atom stereocenters. The van der Waals surface area contributed by atoms with Gasteiger partial charge in [-0.3, -0.25) is 0 Å². The molecule has 0 amide bonds. The Morgan fingerprint density at radius 3 is 2.31 bits per heavy atom. The molecule has 1 saturated carbocycles. The summed E-state index contributed by atoms with van der Waals surface area (Å²) in [4.78, 5) is 2.15. The monoisotopic (exact) mass is 185 g/mol. The molecular weight excluding hydrogens is 166 g/mol. The van der Waals surface area contributed by atoms with Crippen LogP contribution in [0, 0.1) is 5.41 Å². The minimum absolute atomic E-state index is 0.150. The van der Waals surface area contributed by atoms with E-state index < -0.39 is 5.60 Å². The van der Waals surface area contributed by atoms with E-state index in [9.17, 15) is 10.2 Å². The Morgan fingerprint density at radius 1 is 1.31 bits per heavy atom. The molecule has 0 spiro atoms. The third-order valence-corrected chi connectivity index (χ3v) is 4.04. The molecule has 1 heterocycles. The minimum atomic E-state index is -0.616. The SMILES string of the molecule is CN1CCC(O)(C2(CO)CCC2)C1. The number of hydrogen-bond acceptors (Lipinski definition) is 3. The van der Waals surface area contributed by atoms with Gasteiger partial charge < -0.3 is 15.1 Å². The average Bonchev–Trinajstić information content (AvgIpc) is 2.30. The van der Waals surface area contributed by atoms with E-state index >= 15 is 0 Å². The second kappa shape index (κ2) is 2.94. The molecule has 3 heteroatoms. The highest BCUT2D eigenvalue weighted by Gasteiger charge is 2.55. The zero-order chi connectivity index (χ0) is 9.53. The molecule has 2 N–H and O–H groups in total. The van der Waals surface area contributed by atoms with Crippen LogP contribution >= 0.6 is 0 Å². The first kappa shape index (κ1) is 9.44. The number of rotatable bonds is 2. The molecule has 2 fully saturated rings. The second-order valence-electron chi connectivity index (χ2n) is 4.81. The van der Waals surface area contributed by atoms with Gasteiger partial charge in [-0.05, 0) is 26.3 Å². The minimum Gasteiger partial charge on any atom is -0.396 e. The van der Waals surface area contributed by atoms with Gasteiger partial charge in [0.1, 0.15) is 0 Å². The Balaban J connectivity index is 2.13. The molecule has 1 aliphatic heterocycles. The van der Waals surface area contributed by atoms with E-state index in [1.54, 1.807) is 0 Å². The van der Waals surface area contributed by atoms with Crippen LogP contribution in [0.4, 0.5) is 0 Å². The summed E-state index contributed by atoms with van der Waals surface area (Å²) in [6.07, 6.45) is 3.97. The van der Waals surface area contributed by atoms with Crippen molar-refractivity contribution >= 4 is 0 Å². The molecule has 3 nitrogen and oxygen atoms in total. The van der Waals surface area contributed by atoms with Crippen molar-refractivity contribution in [3.05, 3.63) is 0 Å². The predicted octanol–water partition coefficient (Wildman–Crippen LogP) is 0.216. The van der Waals surface area contributed by atoms with Crippen LogP contribution in [0.15, 0.2) is 0 Å². The van der Waals surface area contributed by atoms with Crippen LogP contribution in [0.1, 0.15) is 25.7 Å². The van der Waals surface area contributed by atoms with Crippen molar-refractivity contribution in [2.24, 2.45) is 5.41 Å². The summed E-state index contributed by atoms with van der Waals surface area (Å²) in [6.45, 7) is 1.84. The van der Waals surface area contributed by atoms with Crippen LogP contribution in [-0.2, 0) is 0 Å². The number of aliphatic hydroxyl groups is 2. The van der Waals surface area contributed by atoms with Crippen molar-refractivity contribution in [1.29, 1.82) is 0 Å². The number of likely N-dealkylation sites (tertiary alicyclic amines) is 1. The van der Waals surface area contributed by atoms with Crippen molar-refractivity contribution in [3.63, 3.8) is 0 Å². The van der Waals surface area contributed by atoms with E-state index in [0.29, 0.717) is 0 Å². The maximum atomic E-state index is 10.4. The molecule has 13 heavy (non-hydrogen) atoms. The van der Waals surface area contributed by atoms with E-state index in [1.807, 2.05) is 7.05 Å². The fraction of sp³-hybridized carbons (Fsp3) is 1.00. The van der Waals surface area contributed by atoms with Crippen LogP contribution in [0.5, 0.6) is 0 Å². The maximum Gasteiger partial charge on any atom is 0.0863 e. The first-order valence-corrected chi connectivity index (χ1v) is 5.14. The summed E-state index contributed by atoms with van der Waals surface area (Å²) in [5, 5.41) is 19.8. The Bertz CT molecular complexity index is 198. The quantitative estimate of drug-likeness (QED) is 0.646. The molecule has 0 radical (unpaired) electrons. The van der Waals surface area contributed by atoms with Gasteiger partial charge in [0.2, 0.25) is 0 Å². The zero-order valence-electron chi connectivity index (χ0n) is 8.29. The summed E-state index contributed by atoms with van der Waals surface area (Å²) in [5.41, 5.74) is -0.785. The number of hydrogen-bond donors (Lipinski definition) is 2. The largest absolute Gasteiger partial charge is 0.396 e. The summed E-state index contributed by atoms with van der Waals surface area (Å²) in [5.74, 6) is 0. The van der Waals surface area contributed by atoms with Gasteiger partial charge in [0, 0.05) is 18.5 Å². The first-order chi connectivity index (χ1) is 6.12. The molecule has 1 saturated heterocycles. The van der Waals surface area contributed by atoms with Crippen molar-refractivity contribution < 1.29 is 10.2 Å². The summed E-state index contributed by atoms with van der Waals surface area (Å²) in [7, 11) is 2.03. The third-order valence-electron chi connectivity index (χ3n) is 4.04. The Morgan fingerprint density at radius 2 is 2.00 bits per heavy atom. The maximum absolute atomic E-state index is 10.4. The number of β-amino-alcohol motifs (C(OH)–C–C–N with tert-alkyl or cyclic N) is 1. The van der Waals surface area contributed by atoms with Crippen LogP contribution in [0.2, 0.25) is 0 Å². The Labute approximate surface area is 79.4 Å². The highest BCUT2D eigenvalue weighted by Crippen LogP contribution is 2.52. The fourth-order valence-electron chi connectivity index (χ4n) is 2.79. The van der Waals surface area contributed by atoms with Crippen LogP contribution in [0.3, 0.4) is 0 Å². The van der Waals surface area contributed by atoms with Gasteiger partial charge in [0.15, 0.2) is 0 Å². The van der Waals surface area contributed by atoms with E-state index in [0.717, 1.165) is 38.8 Å². The molecule has 2 rings (SSSR count). The normalized spacial score (nSPS) is 39.0. The molecular formula is C10H19NO2. The van der Waals surface area contributed by atoms with Crippen LogP contribution in [-0.4, -0.2) is 47.5 Å². The van der Waals surface area contributed by atoms with E-state index in [2.05, 4.69) is 4.90 Å². The van der Waals surface area contributed by atoms with Crippen molar-refractivity contribution in [1.82, 2.24) is 4.90 Å². The van der Waals surface area contributed by atoms with Gasteiger partial charge in [-0.2, -0.15) is 0 Å². The highest BCUT2D eigenvalue weighted by molar-refractivity contribution is 5.07. The zero-order valence-corrected chi connectivity index (χ0v) is 8.29. The standard InChI is InChI=1S/C10H19NO2/c1-11-6-5-10(13,7-11)9(8-12)3-2-4-9/h12-13H,2-8H2,1H3. The first-order valence-electron chi connectivity index (χ1n) is 5.14. The molecule has 0 aromatic heterocycles. The smallest absolute Gasteiger partial charge is 0.0863 e. The molecule has 76 valence electrons. The van der Waals surface area contributed by atoms with E-state index in [1.165, 1.54) is 0 Å². The van der Waals surface area contributed by atoms with Gasteiger partial charge in [0.25, 0.3) is 0 Å². The van der Waals surface area contributed by atoms with Crippen molar-refractivity contribution in [2.75, 3.05) is 26.7 Å². The van der Waals surface area contributed by atoms with Gasteiger partial charge in [-0.1, -0.05) is 6.42 Å². The van der Waals surface area contributed by atoms with Crippen molar-refractivity contribution in [3.8, 4) is 0 Å². The van der Waals surface area contributed by atoms with Crippen LogP contribution < -0.4 is 0 Å². The van der Waals surface area contributed by atoms with Gasteiger partial charge >= 0.3 is 0 Å². The lowest BCUT2D eigenvalue weighted by atomic mass is 9.58. The average molecular weight is 185 g/mol. The fourth-order valence-corrected chi connectivity index (χ4v) is 2.79. The second-order valence-corrected chi connectivity index (χ2v) is 4.81. The highest BCUT2D eigenvalue weighted by atomic mass is 16.3. The molecule has 0 aromatic carbocycles. The summed E-state index contributed by atoms with van der Waals surface area (Å²) < 4.78 is 0. The Kier molecular flexibility index (Phi) is 2.13. The van der Waals surface area contributed by atoms with Crippen molar-refractivity contribution in [2.45, 2.75) is 31.3 Å². The van der Waals surface area contributed by atoms with Gasteiger partial charge in [-0.15, -0.1) is 0 Å². The molecule has 1 aliphatic carbocycles. The molecule has 1 unspecified atom stereocenters. The van der Waals surface area contributed by atoms with E-state index in [-0.39, 0.29) is 12.0 Å². The Hall–Kier alpha value is -0.120. The number of likely N-dealkylation sites (N-methyl/N-ethyl adjacent to an activating group) is 1.